The Balaban J connectivity index is 1.71. The van der Waals surface area contributed by atoms with E-state index in [9.17, 15) is 8.42 Å². The van der Waals surface area contributed by atoms with E-state index in [1.807, 2.05) is 45.0 Å². The molecule has 1 saturated heterocycles. The molecule has 1 fully saturated rings. The van der Waals surface area contributed by atoms with Gasteiger partial charge in [0.1, 0.15) is 11.5 Å². The lowest BCUT2D eigenvalue weighted by atomic mass is 10.1. The van der Waals surface area contributed by atoms with Gasteiger partial charge in [0.05, 0.1) is 22.8 Å². The zero-order valence-electron chi connectivity index (χ0n) is 19.0. The minimum atomic E-state index is -4.00. The van der Waals surface area contributed by atoms with E-state index in [2.05, 4.69) is 11.0 Å². The number of halogens is 1. The van der Waals surface area contributed by atoms with Crippen LogP contribution in [0.2, 0.25) is 0 Å². The SMILES string of the molecule is Cc1cccc(Cc2cc(CN3CC(C)OC(C)C3)nn2-c2ccc(S(N)(=O)=O)cc2F)c1. The van der Waals surface area contributed by atoms with Crippen molar-refractivity contribution in [1.29, 1.82) is 0 Å². The van der Waals surface area contributed by atoms with Crippen molar-refractivity contribution in [2.75, 3.05) is 13.1 Å². The molecule has 0 amide bonds. The van der Waals surface area contributed by atoms with Crippen LogP contribution >= 0.6 is 0 Å². The predicted molar refractivity (Wildman–Crippen MR) is 124 cm³/mol. The number of aromatic nitrogens is 2. The number of nitrogens with two attached hydrogens (primary N) is 1. The fourth-order valence-electron chi connectivity index (χ4n) is 4.40. The molecule has 33 heavy (non-hydrogen) atoms. The zero-order valence-corrected chi connectivity index (χ0v) is 19.8. The number of aryl methyl sites for hydroxylation is 1. The summed E-state index contributed by atoms with van der Waals surface area (Å²) in [6.45, 7) is 8.32. The maximum absolute atomic E-state index is 15.0. The van der Waals surface area contributed by atoms with E-state index < -0.39 is 15.8 Å². The Morgan fingerprint density at radius 3 is 2.48 bits per heavy atom. The van der Waals surface area contributed by atoms with Gasteiger partial charge in [-0.3, -0.25) is 4.90 Å². The van der Waals surface area contributed by atoms with Gasteiger partial charge in [0, 0.05) is 31.7 Å². The van der Waals surface area contributed by atoms with Crippen LogP contribution in [0.1, 0.15) is 36.4 Å². The number of morpholine rings is 1. The number of nitrogens with zero attached hydrogens (tertiary/aromatic N) is 3. The van der Waals surface area contributed by atoms with Gasteiger partial charge in [0.25, 0.3) is 0 Å². The first kappa shape index (κ1) is 23.6. The topological polar surface area (TPSA) is 90.4 Å². The van der Waals surface area contributed by atoms with Crippen LogP contribution in [0.5, 0.6) is 0 Å². The molecule has 9 heteroatoms. The molecule has 3 aromatic rings. The number of ether oxygens (including phenoxy) is 1. The highest BCUT2D eigenvalue weighted by atomic mass is 32.2. The summed E-state index contributed by atoms with van der Waals surface area (Å²) < 4.78 is 45.6. The Kier molecular flexibility index (Phi) is 6.67. The van der Waals surface area contributed by atoms with Crippen molar-refractivity contribution in [3.8, 4) is 5.69 Å². The van der Waals surface area contributed by atoms with E-state index in [0.717, 1.165) is 41.7 Å². The molecule has 0 bridgehead atoms. The molecule has 2 N–H and O–H groups in total. The molecule has 1 aliphatic heterocycles. The highest BCUT2D eigenvalue weighted by molar-refractivity contribution is 7.89. The Bertz CT molecular complexity index is 1250. The molecule has 0 saturated carbocycles. The van der Waals surface area contributed by atoms with Crippen LogP contribution in [-0.2, 0) is 27.7 Å². The minimum Gasteiger partial charge on any atom is -0.373 e. The molecule has 2 aromatic carbocycles. The van der Waals surface area contributed by atoms with Gasteiger partial charge in [-0.1, -0.05) is 29.8 Å². The van der Waals surface area contributed by atoms with Crippen molar-refractivity contribution < 1.29 is 17.5 Å². The molecule has 7 nitrogen and oxygen atoms in total. The quantitative estimate of drug-likeness (QED) is 0.595. The van der Waals surface area contributed by atoms with E-state index in [1.54, 1.807) is 4.68 Å². The zero-order chi connectivity index (χ0) is 23.8. The lowest BCUT2D eigenvalue weighted by Gasteiger charge is -2.34. The molecule has 4 rings (SSSR count). The van der Waals surface area contributed by atoms with Gasteiger partial charge in [-0.05, 0) is 50.6 Å². The summed E-state index contributed by atoms with van der Waals surface area (Å²) >= 11 is 0. The molecule has 176 valence electrons. The summed E-state index contributed by atoms with van der Waals surface area (Å²) in [6, 6.07) is 13.8. The molecule has 2 heterocycles. The van der Waals surface area contributed by atoms with Gasteiger partial charge in [-0.2, -0.15) is 5.10 Å². The third kappa shape index (κ3) is 5.67. The van der Waals surface area contributed by atoms with Crippen LogP contribution in [-0.4, -0.2) is 48.4 Å². The monoisotopic (exact) mass is 472 g/mol. The second-order valence-corrected chi connectivity index (χ2v) is 10.4. The number of hydrogen-bond acceptors (Lipinski definition) is 5. The standard InChI is InChI=1S/C24H29FN4O3S/c1-16-5-4-6-19(9-16)10-21-11-20(15-28-13-17(2)32-18(3)14-28)27-29(21)24-8-7-22(12-23(24)25)33(26,30)31/h4-9,11-12,17-18H,10,13-15H2,1-3H3,(H2,26,30,31). The number of rotatable bonds is 6. The first-order chi connectivity index (χ1) is 15.6. The molecule has 2 atom stereocenters. The van der Waals surface area contributed by atoms with Crippen LogP contribution < -0.4 is 5.14 Å². The van der Waals surface area contributed by atoms with Crippen molar-refractivity contribution in [2.45, 2.75) is 50.8 Å². The van der Waals surface area contributed by atoms with E-state index in [-0.39, 0.29) is 22.8 Å². The van der Waals surface area contributed by atoms with Gasteiger partial charge in [0.2, 0.25) is 10.0 Å². The fourth-order valence-corrected chi connectivity index (χ4v) is 4.92. The molecular weight excluding hydrogens is 443 g/mol. The van der Waals surface area contributed by atoms with E-state index >= 15 is 4.39 Å². The van der Waals surface area contributed by atoms with Gasteiger partial charge in [0.15, 0.2) is 0 Å². The molecular formula is C24H29FN4O3S. The molecule has 1 aromatic heterocycles. The van der Waals surface area contributed by atoms with E-state index in [1.165, 1.54) is 12.1 Å². The average molecular weight is 473 g/mol. The second kappa shape index (κ2) is 9.34. The van der Waals surface area contributed by atoms with E-state index in [0.29, 0.717) is 13.0 Å². The Morgan fingerprint density at radius 2 is 1.85 bits per heavy atom. The lowest BCUT2D eigenvalue weighted by Crippen LogP contribution is -2.44. The van der Waals surface area contributed by atoms with Crippen LogP contribution in [0.25, 0.3) is 5.69 Å². The van der Waals surface area contributed by atoms with Gasteiger partial charge < -0.3 is 4.74 Å². The lowest BCUT2D eigenvalue weighted by molar-refractivity contribution is -0.0707. The Morgan fingerprint density at radius 1 is 1.12 bits per heavy atom. The van der Waals surface area contributed by atoms with Crippen LogP contribution in [0.3, 0.4) is 0 Å². The average Bonchev–Trinajstić information content (AvgIpc) is 3.08. The summed E-state index contributed by atoms with van der Waals surface area (Å²) in [7, 11) is -4.00. The van der Waals surface area contributed by atoms with Gasteiger partial charge in [-0.15, -0.1) is 0 Å². The van der Waals surface area contributed by atoms with Crippen LogP contribution in [0.15, 0.2) is 53.4 Å². The van der Waals surface area contributed by atoms with Gasteiger partial charge in [-0.25, -0.2) is 22.6 Å². The van der Waals surface area contributed by atoms with Crippen molar-refractivity contribution in [1.82, 2.24) is 14.7 Å². The Hall–Kier alpha value is -2.59. The van der Waals surface area contributed by atoms with Crippen molar-refractivity contribution in [3.05, 3.63) is 76.9 Å². The summed E-state index contributed by atoms with van der Waals surface area (Å²) in [5.74, 6) is -0.699. The summed E-state index contributed by atoms with van der Waals surface area (Å²) in [4.78, 5) is 2.01. The summed E-state index contributed by atoms with van der Waals surface area (Å²) in [5, 5.41) is 9.87. The summed E-state index contributed by atoms with van der Waals surface area (Å²) in [6.07, 6.45) is 0.817. The first-order valence-electron chi connectivity index (χ1n) is 10.9. The predicted octanol–water partition coefficient (Wildman–Crippen LogP) is 3.17. The molecule has 2 unspecified atom stereocenters. The third-order valence-corrected chi connectivity index (χ3v) is 6.57. The molecule has 1 aliphatic rings. The third-order valence-electron chi connectivity index (χ3n) is 5.66. The first-order valence-corrected chi connectivity index (χ1v) is 12.5. The maximum Gasteiger partial charge on any atom is 0.238 e. The fraction of sp³-hybridized carbons (Fsp3) is 0.375. The van der Waals surface area contributed by atoms with Crippen molar-refractivity contribution >= 4 is 10.0 Å². The second-order valence-electron chi connectivity index (χ2n) is 8.81. The van der Waals surface area contributed by atoms with E-state index in [4.69, 9.17) is 15.0 Å². The Labute approximate surface area is 194 Å². The summed E-state index contributed by atoms with van der Waals surface area (Å²) in [5.41, 5.74) is 4.03. The van der Waals surface area contributed by atoms with Crippen LogP contribution in [0, 0.1) is 12.7 Å². The molecule has 0 radical (unpaired) electrons. The maximum atomic E-state index is 15.0. The normalized spacial score (nSPS) is 19.7. The van der Waals surface area contributed by atoms with Crippen molar-refractivity contribution in [3.63, 3.8) is 0 Å². The van der Waals surface area contributed by atoms with Crippen LogP contribution in [0.4, 0.5) is 4.39 Å². The minimum absolute atomic E-state index is 0.130. The molecule has 0 aliphatic carbocycles. The highest BCUT2D eigenvalue weighted by Crippen LogP contribution is 2.23. The van der Waals surface area contributed by atoms with Gasteiger partial charge >= 0.3 is 0 Å². The van der Waals surface area contributed by atoms with Crippen molar-refractivity contribution in [2.24, 2.45) is 5.14 Å². The molecule has 0 spiro atoms. The largest absolute Gasteiger partial charge is 0.373 e. The highest BCUT2D eigenvalue weighted by Gasteiger charge is 2.24. The smallest absolute Gasteiger partial charge is 0.238 e. The number of sulfonamides is 1. The number of primary sulfonamides is 1. The number of hydrogen-bond donors (Lipinski definition) is 1. The number of benzene rings is 2.